The summed E-state index contributed by atoms with van der Waals surface area (Å²) in [5, 5.41) is 9.14. The maximum atomic E-state index is 12.7. The Morgan fingerprint density at radius 2 is 1.95 bits per heavy atom. The number of nitrogens with two attached hydrogens (primary N) is 1. The van der Waals surface area contributed by atoms with Gasteiger partial charge in [0.25, 0.3) is 0 Å². The molecule has 0 amide bonds. The number of halogens is 3. The lowest BCUT2D eigenvalue weighted by Crippen LogP contribution is -2.37. The third-order valence-electron chi connectivity index (χ3n) is 3.24. The SMILES string of the molecule is CCC(CC)N(CCO)c1cc(C(F)(F)F)ncc1N. The molecule has 7 heteroatoms. The molecule has 1 aromatic heterocycles. The van der Waals surface area contributed by atoms with Crippen molar-refractivity contribution in [2.75, 3.05) is 23.8 Å². The van der Waals surface area contributed by atoms with Gasteiger partial charge in [0, 0.05) is 12.6 Å². The number of hydrogen-bond acceptors (Lipinski definition) is 4. The molecule has 114 valence electrons. The van der Waals surface area contributed by atoms with E-state index in [1.807, 2.05) is 13.8 Å². The van der Waals surface area contributed by atoms with Crippen LogP contribution in [0.3, 0.4) is 0 Å². The van der Waals surface area contributed by atoms with Gasteiger partial charge in [0.1, 0.15) is 5.69 Å². The molecule has 3 N–H and O–H groups in total. The van der Waals surface area contributed by atoms with Gasteiger partial charge in [-0.3, -0.25) is 0 Å². The molecular formula is C13H20F3N3O. The van der Waals surface area contributed by atoms with Gasteiger partial charge in [-0.1, -0.05) is 13.8 Å². The van der Waals surface area contributed by atoms with Crippen LogP contribution in [0.15, 0.2) is 12.3 Å². The fourth-order valence-corrected chi connectivity index (χ4v) is 2.20. The Hall–Kier alpha value is -1.50. The molecule has 1 aromatic rings. The average Bonchev–Trinajstić information content (AvgIpc) is 2.38. The lowest BCUT2D eigenvalue weighted by atomic mass is 10.1. The lowest BCUT2D eigenvalue weighted by Gasteiger charge is -2.33. The number of aromatic nitrogens is 1. The number of alkyl halides is 3. The first-order chi connectivity index (χ1) is 9.35. The first kappa shape index (κ1) is 16.6. The Morgan fingerprint density at radius 3 is 2.40 bits per heavy atom. The van der Waals surface area contributed by atoms with Crippen LogP contribution in [0.25, 0.3) is 0 Å². The van der Waals surface area contributed by atoms with Crippen LogP contribution < -0.4 is 10.6 Å². The molecule has 0 atom stereocenters. The van der Waals surface area contributed by atoms with Gasteiger partial charge in [0.05, 0.1) is 24.2 Å². The summed E-state index contributed by atoms with van der Waals surface area (Å²) >= 11 is 0. The number of aliphatic hydroxyl groups is 1. The van der Waals surface area contributed by atoms with E-state index in [9.17, 15) is 13.2 Å². The Kier molecular flexibility index (Phi) is 5.62. The second kappa shape index (κ2) is 6.78. The van der Waals surface area contributed by atoms with Gasteiger partial charge in [0.2, 0.25) is 0 Å². The van der Waals surface area contributed by atoms with E-state index in [4.69, 9.17) is 10.8 Å². The van der Waals surface area contributed by atoms with Gasteiger partial charge < -0.3 is 15.7 Å². The second-order valence-corrected chi connectivity index (χ2v) is 4.51. The zero-order valence-corrected chi connectivity index (χ0v) is 11.6. The fourth-order valence-electron chi connectivity index (χ4n) is 2.20. The standard InChI is InChI=1S/C13H20F3N3O/c1-3-9(4-2)19(5-6-20)11-7-12(13(14,15)16)18-8-10(11)17/h7-9,20H,3-6,17H2,1-2H3. The summed E-state index contributed by atoms with van der Waals surface area (Å²) < 4.78 is 38.2. The Bertz CT molecular complexity index is 433. The number of hydrogen-bond donors (Lipinski definition) is 2. The van der Waals surface area contributed by atoms with Gasteiger partial charge in [-0.15, -0.1) is 0 Å². The quantitative estimate of drug-likeness (QED) is 0.846. The van der Waals surface area contributed by atoms with E-state index < -0.39 is 11.9 Å². The van der Waals surface area contributed by atoms with Crippen LogP contribution in [0.4, 0.5) is 24.5 Å². The van der Waals surface area contributed by atoms with Crippen molar-refractivity contribution < 1.29 is 18.3 Å². The minimum Gasteiger partial charge on any atom is -0.396 e. The minimum absolute atomic E-state index is 0.0212. The van der Waals surface area contributed by atoms with Crippen molar-refractivity contribution >= 4 is 11.4 Å². The van der Waals surface area contributed by atoms with E-state index in [1.54, 1.807) is 4.90 Å². The fraction of sp³-hybridized carbons (Fsp3) is 0.615. The summed E-state index contributed by atoms with van der Waals surface area (Å²) in [6.07, 6.45) is -1.99. The summed E-state index contributed by atoms with van der Waals surface area (Å²) in [6, 6.07) is 0.969. The van der Waals surface area contributed by atoms with Crippen LogP contribution >= 0.6 is 0 Å². The molecule has 0 bridgehead atoms. The highest BCUT2D eigenvalue weighted by Gasteiger charge is 2.33. The molecule has 0 aromatic carbocycles. The first-order valence-electron chi connectivity index (χ1n) is 6.55. The number of aliphatic hydroxyl groups excluding tert-OH is 1. The molecular weight excluding hydrogens is 271 g/mol. The van der Waals surface area contributed by atoms with Gasteiger partial charge >= 0.3 is 6.18 Å². The molecule has 0 saturated heterocycles. The Balaban J connectivity index is 3.24. The summed E-state index contributed by atoms with van der Waals surface area (Å²) in [5.41, 5.74) is 5.23. The number of pyridine rings is 1. The molecule has 0 unspecified atom stereocenters. The molecule has 20 heavy (non-hydrogen) atoms. The van der Waals surface area contributed by atoms with E-state index in [-0.39, 0.29) is 30.6 Å². The molecule has 0 fully saturated rings. The highest BCUT2D eigenvalue weighted by atomic mass is 19.4. The third kappa shape index (κ3) is 3.75. The Labute approximate surface area is 116 Å². The third-order valence-corrected chi connectivity index (χ3v) is 3.24. The number of rotatable bonds is 6. The van der Waals surface area contributed by atoms with Crippen LogP contribution in [-0.4, -0.2) is 29.3 Å². The van der Waals surface area contributed by atoms with E-state index in [1.165, 1.54) is 0 Å². The Morgan fingerprint density at radius 1 is 1.35 bits per heavy atom. The van der Waals surface area contributed by atoms with Crippen molar-refractivity contribution in [3.63, 3.8) is 0 Å². The van der Waals surface area contributed by atoms with E-state index in [0.29, 0.717) is 0 Å². The van der Waals surface area contributed by atoms with Crippen LogP contribution in [-0.2, 0) is 6.18 Å². The van der Waals surface area contributed by atoms with Crippen molar-refractivity contribution in [3.05, 3.63) is 18.0 Å². The summed E-state index contributed by atoms with van der Waals surface area (Å²) in [7, 11) is 0. The maximum absolute atomic E-state index is 12.7. The van der Waals surface area contributed by atoms with Gasteiger partial charge in [-0.2, -0.15) is 13.2 Å². The van der Waals surface area contributed by atoms with Crippen LogP contribution in [0, 0.1) is 0 Å². The average molecular weight is 291 g/mol. The highest BCUT2D eigenvalue weighted by Crippen LogP contribution is 2.33. The molecule has 1 rings (SSSR count). The topological polar surface area (TPSA) is 62.4 Å². The highest BCUT2D eigenvalue weighted by molar-refractivity contribution is 5.67. The molecule has 0 aliphatic carbocycles. The van der Waals surface area contributed by atoms with Crippen LogP contribution in [0.5, 0.6) is 0 Å². The molecule has 0 aliphatic rings. The molecule has 0 aliphatic heterocycles. The molecule has 0 radical (unpaired) electrons. The number of nitrogens with zero attached hydrogens (tertiary/aromatic N) is 2. The maximum Gasteiger partial charge on any atom is 0.433 e. The lowest BCUT2D eigenvalue weighted by molar-refractivity contribution is -0.141. The van der Waals surface area contributed by atoms with E-state index >= 15 is 0 Å². The van der Waals surface area contributed by atoms with Gasteiger partial charge in [0.15, 0.2) is 0 Å². The van der Waals surface area contributed by atoms with Gasteiger partial charge in [-0.05, 0) is 18.9 Å². The zero-order chi connectivity index (χ0) is 15.3. The largest absolute Gasteiger partial charge is 0.433 e. The number of nitrogen functional groups attached to an aromatic ring is 1. The molecule has 4 nitrogen and oxygen atoms in total. The van der Waals surface area contributed by atoms with Crippen molar-refractivity contribution in [1.82, 2.24) is 4.98 Å². The monoisotopic (exact) mass is 291 g/mol. The molecule has 0 saturated carbocycles. The van der Waals surface area contributed by atoms with Crippen molar-refractivity contribution in [2.24, 2.45) is 0 Å². The minimum atomic E-state index is -4.51. The summed E-state index contributed by atoms with van der Waals surface area (Å²) in [5.74, 6) is 0. The predicted octanol–water partition coefficient (Wildman–Crippen LogP) is 2.67. The van der Waals surface area contributed by atoms with Crippen molar-refractivity contribution in [3.8, 4) is 0 Å². The zero-order valence-electron chi connectivity index (χ0n) is 11.6. The number of anilines is 2. The van der Waals surface area contributed by atoms with Crippen molar-refractivity contribution in [2.45, 2.75) is 38.9 Å². The normalized spacial score (nSPS) is 11.9. The molecule has 0 spiro atoms. The first-order valence-corrected chi connectivity index (χ1v) is 6.55. The summed E-state index contributed by atoms with van der Waals surface area (Å²) in [6.45, 7) is 3.97. The van der Waals surface area contributed by atoms with Crippen molar-refractivity contribution in [1.29, 1.82) is 0 Å². The van der Waals surface area contributed by atoms with E-state index in [2.05, 4.69) is 4.98 Å². The predicted molar refractivity (Wildman–Crippen MR) is 72.5 cm³/mol. The summed E-state index contributed by atoms with van der Waals surface area (Å²) in [4.78, 5) is 5.04. The van der Waals surface area contributed by atoms with E-state index in [0.717, 1.165) is 25.1 Å². The van der Waals surface area contributed by atoms with Crippen LogP contribution in [0.2, 0.25) is 0 Å². The van der Waals surface area contributed by atoms with Gasteiger partial charge in [-0.25, -0.2) is 4.98 Å². The molecule has 1 heterocycles. The second-order valence-electron chi connectivity index (χ2n) is 4.51. The van der Waals surface area contributed by atoms with Crippen LogP contribution in [0.1, 0.15) is 32.4 Å². The smallest absolute Gasteiger partial charge is 0.396 e.